The summed E-state index contributed by atoms with van der Waals surface area (Å²) in [5, 5.41) is 4.12. The molecule has 0 saturated carbocycles. The Hall–Kier alpha value is -1.82. The summed E-state index contributed by atoms with van der Waals surface area (Å²) >= 11 is 12.3. The van der Waals surface area contributed by atoms with Crippen molar-refractivity contribution < 1.29 is 9.53 Å². The quantitative estimate of drug-likeness (QED) is 0.917. The number of carbonyl (C=O) groups excluding carboxylic acids is 1. The molecule has 2 heterocycles. The lowest BCUT2D eigenvalue weighted by atomic mass is 10.2. The van der Waals surface area contributed by atoms with Crippen LogP contribution in [-0.4, -0.2) is 42.1 Å². The van der Waals surface area contributed by atoms with Gasteiger partial charge < -0.3 is 15.0 Å². The van der Waals surface area contributed by atoms with Crippen LogP contribution in [0.3, 0.4) is 0 Å². The lowest BCUT2D eigenvalue weighted by Crippen LogP contribution is -2.40. The van der Waals surface area contributed by atoms with Gasteiger partial charge in [-0.3, -0.25) is 9.78 Å². The first-order chi connectivity index (χ1) is 11.1. The minimum absolute atomic E-state index is 0.0605. The predicted molar refractivity (Wildman–Crippen MR) is 90.7 cm³/mol. The van der Waals surface area contributed by atoms with Crippen molar-refractivity contribution in [2.45, 2.75) is 0 Å². The molecule has 1 aliphatic rings. The lowest BCUT2D eigenvalue weighted by Gasteiger charge is -2.26. The smallest absolute Gasteiger partial charge is 0.255 e. The van der Waals surface area contributed by atoms with Gasteiger partial charge >= 0.3 is 0 Å². The third-order valence-electron chi connectivity index (χ3n) is 3.52. The molecule has 1 aliphatic heterocycles. The topological polar surface area (TPSA) is 54.5 Å². The number of pyridine rings is 1. The molecule has 1 fully saturated rings. The van der Waals surface area contributed by atoms with Gasteiger partial charge in [-0.05, 0) is 18.2 Å². The van der Waals surface area contributed by atoms with E-state index in [0.29, 0.717) is 53.3 Å². The summed E-state index contributed by atoms with van der Waals surface area (Å²) in [6.07, 6.45) is 3.17. The van der Waals surface area contributed by atoms with E-state index in [1.165, 1.54) is 0 Å². The number of nitrogens with zero attached hydrogens (tertiary/aromatic N) is 2. The van der Waals surface area contributed by atoms with E-state index >= 15 is 0 Å². The van der Waals surface area contributed by atoms with Gasteiger partial charge in [0.25, 0.3) is 5.91 Å². The Bertz CT molecular complexity index is 698. The second kappa shape index (κ2) is 7.17. The molecule has 5 nitrogen and oxygen atoms in total. The molecular weight excluding hydrogens is 337 g/mol. The number of hydrogen-bond acceptors (Lipinski definition) is 4. The number of nitrogens with one attached hydrogen (secondary N) is 1. The highest BCUT2D eigenvalue weighted by atomic mass is 35.5. The van der Waals surface area contributed by atoms with Crippen molar-refractivity contribution in [3.63, 3.8) is 0 Å². The van der Waals surface area contributed by atoms with Crippen LogP contribution in [0.15, 0.2) is 36.7 Å². The molecule has 0 spiro atoms. The maximum Gasteiger partial charge on any atom is 0.255 e. The van der Waals surface area contributed by atoms with Gasteiger partial charge in [-0.15, -0.1) is 0 Å². The second-order valence-electron chi connectivity index (χ2n) is 5.09. The number of rotatable bonds is 3. The van der Waals surface area contributed by atoms with Gasteiger partial charge in [-0.25, -0.2) is 0 Å². The average Bonchev–Trinajstić information content (AvgIpc) is 2.59. The Morgan fingerprint density at radius 1 is 1.17 bits per heavy atom. The largest absolute Gasteiger partial charge is 0.378 e. The van der Waals surface area contributed by atoms with E-state index < -0.39 is 0 Å². The highest BCUT2D eigenvalue weighted by Crippen LogP contribution is 2.32. The van der Waals surface area contributed by atoms with Crippen molar-refractivity contribution in [2.75, 3.05) is 31.6 Å². The Balaban J connectivity index is 1.81. The summed E-state index contributed by atoms with van der Waals surface area (Å²) in [6, 6.07) is 6.99. The standard InChI is InChI=1S/C16H15Cl2N3O2/c17-13-2-1-3-14(18)15(13)20-12-8-11(9-19-10-12)16(22)21-4-6-23-7-5-21/h1-3,8-10,20H,4-7H2. The number of anilines is 2. The Labute approximate surface area is 144 Å². The van der Waals surface area contributed by atoms with Crippen molar-refractivity contribution in [2.24, 2.45) is 0 Å². The maximum absolute atomic E-state index is 12.5. The first kappa shape index (κ1) is 16.1. The van der Waals surface area contributed by atoms with Gasteiger partial charge in [-0.1, -0.05) is 29.3 Å². The van der Waals surface area contributed by atoms with Gasteiger partial charge in [0, 0.05) is 19.3 Å². The van der Waals surface area contributed by atoms with Gasteiger partial charge in [-0.2, -0.15) is 0 Å². The molecule has 0 atom stereocenters. The van der Waals surface area contributed by atoms with Gasteiger partial charge in [0.15, 0.2) is 0 Å². The zero-order valence-corrected chi connectivity index (χ0v) is 13.8. The fourth-order valence-electron chi connectivity index (χ4n) is 2.34. The molecule has 0 radical (unpaired) electrons. The second-order valence-corrected chi connectivity index (χ2v) is 5.90. The van der Waals surface area contributed by atoms with Crippen LogP contribution in [0.2, 0.25) is 10.0 Å². The molecule has 1 aromatic heterocycles. The molecule has 0 aliphatic carbocycles. The molecule has 1 N–H and O–H groups in total. The molecule has 1 aromatic carbocycles. The number of aromatic nitrogens is 1. The maximum atomic E-state index is 12.5. The van der Waals surface area contributed by atoms with Crippen molar-refractivity contribution in [1.82, 2.24) is 9.88 Å². The number of halogens is 2. The van der Waals surface area contributed by atoms with Gasteiger partial charge in [0.1, 0.15) is 0 Å². The zero-order valence-electron chi connectivity index (χ0n) is 12.3. The third-order valence-corrected chi connectivity index (χ3v) is 4.15. The average molecular weight is 352 g/mol. The zero-order chi connectivity index (χ0) is 16.2. The van der Waals surface area contributed by atoms with Crippen LogP contribution in [-0.2, 0) is 4.74 Å². The number of amides is 1. The fraction of sp³-hybridized carbons (Fsp3) is 0.250. The van der Waals surface area contributed by atoms with Crippen LogP contribution in [0.1, 0.15) is 10.4 Å². The van der Waals surface area contributed by atoms with Crippen LogP contribution < -0.4 is 5.32 Å². The molecule has 0 unspecified atom stereocenters. The number of morpholine rings is 1. The molecule has 120 valence electrons. The van der Waals surface area contributed by atoms with Crippen LogP contribution in [0, 0.1) is 0 Å². The molecule has 1 amide bonds. The highest BCUT2D eigenvalue weighted by molar-refractivity contribution is 6.39. The number of para-hydroxylation sites is 1. The van der Waals surface area contributed by atoms with Crippen LogP contribution >= 0.6 is 23.2 Å². The molecule has 0 bridgehead atoms. The minimum atomic E-state index is -0.0605. The minimum Gasteiger partial charge on any atom is -0.378 e. The van der Waals surface area contributed by atoms with E-state index in [0.717, 1.165) is 0 Å². The summed E-state index contributed by atoms with van der Waals surface area (Å²) in [7, 11) is 0. The number of hydrogen-bond donors (Lipinski definition) is 1. The molecule has 1 saturated heterocycles. The monoisotopic (exact) mass is 351 g/mol. The van der Waals surface area contributed by atoms with Gasteiger partial charge in [0.2, 0.25) is 0 Å². The Morgan fingerprint density at radius 2 is 1.87 bits per heavy atom. The van der Waals surface area contributed by atoms with E-state index in [-0.39, 0.29) is 5.91 Å². The van der Waals surface area contributed by atoms with Crippen LogP contribution in [0.5, 0.6) is 0 Å². The first-order valence-corrected chi connectivity index (χ1v) is 7.94. The van der Waals surface area contributed by atoms with Crippen LogP contribution in [0.4, 0.5) is 11.4 Å². The Kier molecular flexibility index (Phi) is 5.00. The summed E-state index contributed by atoms with van der Waals surface area (Å²) in [5.74, 6) is -0.0605. The van der Waals surface area contributed by atoms with Crippen molar-refractivity contribution >= 4 is 40.5 Å². The van der Waals surface area contributed by atoms with Crippen molar-refractivity contribution in [1.29, 1.82) is 0 Å². The SMILES string of the molecule is O=C(c1cncc(Nc2c(Cl)cccc2Cl)c1)N1CCOCC1. The number of carbonyl (C=O) groups is 1. The van der Waals surface area contributed by atoms with Crippen LogP contribution in [0.25, 0.3) is 0 Å². The summed E-state index contributed by atoms with van der Waals surface area (Å²) in [6.45, 7) is 2.30. The third kappa shape index (κ3) is 3.75. The summed E-state index contributed by atoms with van der Waals surface area (Å²) in [5.41, 5.74) is 1.76. The first-order valence-electron chi connectivity index (χ1n) is 7.18. The normalized spacial score (nSPS) is 14.6. The lowest BCUT2D eigenvalue weighted by molar-refractivity contribution is 0.0302. The molecule has 2 aromatic rings. The molecule has 7 heteroatoms. The van der Waals surface area contributed by atoms with Crippen molar-refractivity contribution in [3.05, 3.63) is 52.3 Å². The molecular formula is C16H15Cl2N3O2. The number of benzene rings is 1. The molecule has 23 heavy (non-hydrogen) atoms. The van der Waals surface area contributed by atoms with Gasteiger partial charge in [0.05, 0.1) is 46.4 Å². The van der Waals surface area contributed by atoms with E-state index in [1.807, 2.05) is 0 Å². The summed E-state index contributed by atoms with van der Waals surface area (Å²) in [4.78, 5) is 18.4. The highest BCUT2D eigenvalue weighted by Gasteiger charge is 2.19. The van der Waals surface area contributed by atoms with E-state index in [9.17, 15) is 4.79 Å². The number of ether oxygens (including phenoxy) is 1. The predicted octanol–water partition coefficient (Wildman–Crippen LogP) is 3.60. The Morgan fingerprint density at radius 3 is 2.57 bits per heavy atom. The molecule has 3 rings (SSSR count). The van der Waals surface area contributed by atoms with Crippen molar-refractivity contribution in [3.8, 4) is 0 Å². The van der Waals surface area contributed by atoms with E-state index in [1.54, 1.807) is 41.6 Å². The summed E-state index contributed by atoms with van der Waals surface area (Å²) < 4.78 is 5.26. The van der Waals surface area contributed by atoms with E-state index in [4.69, 9.17) is 27.9 Å². The fourth-order valence-corrected chi connectivity index (χ4v) is 2.83. The van der Waals surface area contributed by atoms with E-state index in [2.05, 4.69) is 10.3 Å².